The van der Waals surface area contributed by atoms with Crippen molar-refractivity contribution in [1.82, 2.24) is 10.3 Å². The van der Waals surface area contributed by atoms with Gasteiger partial charge in [0.1, 0.15) is 5.75 Å². The quantitative estimate of drug-likeness (QED) is 0.706. The molecule has 2 N–H and O–H groups in total. The van der Waals surface area contributed by atoms with Crippen LogP contribution in [0.5, 0.6) is 5.75 Å². The molecule has 0 aliphatic rings. The number of H-pyrrole nitrogens is 1. The van der Waals surface area contributed by atoms with Crippen molar-refractivity contribution in [3.05, 3.63) is 75.1 Å². The Morgan fingerprint density at radius 3 is 2.56 bits per heavy atom. The van der Waals surface area contributed by atoms with E-state index in [2.05, 4.69) is 22.4 Å². The number of nitrogens with one attached hydrogen (secondary N) is 2. The van der Waals surface area contributed by atoms with E-state index in [1.807, 2.05) is 44.2 Å². The van der Waals surface area contributed by atoms with Gasteiger partial charge in [0.25, 0.3) is 5.56 Å². The van der Waals surface area contributed by atoms with Crippen LogP contribution in [0.15, 0.2) is 47.3 Å². The van der Waals surface area contributed by atoms with E-state index in [1.54, 1.807) is 7.11 Å². The second-order valence-electron chi connectivity index (χ2n) is 6.79. The minimum atomic E-state index is -0.0983. The first-order chi connectivity index (χ1) is 13.0. The number of carbonyl (C=O) groups is 1. The van der Waals surface area contributed by atoms with Gasteiger partial charge in [-0.1, -0.05) is 23.8 Å². The Balaban J connectivity index is 1.61. The van der Waals surface area contributed by atoms with Crippen LogP contribution in [0, 0.1) is 13.8 Å². The molecule has 140 valence electrons. The molecule has 0 saturated heterocycles. The molecule has 0 fully saturated rings. The van der Waals surface area contributed by atoms with Crippen LogP contribution in [0.3, 0.4) is 0 Å². The molecule has 1 heterocycles. The molecule has 1 aromatic heterocycles. The third-order valence-corrected chi connectivity index (χ3v) is 4.61. The molecule has 0 spiro atoms. The summed E-state index contributed by atoms with van der Waals surface area (Å²) in [5, 5.41) is 3.90. The van der Waals surface area contributed by atoms with Gasteiger partial charge in [0.05, 0.1) is 19.0 Å². The Hall–Kier alpha value is -3.08. The van der Waals surface area contributed by atoms with Crippen LogP contribution in [-0.4, -0.2) is 24.5 Å². The molecule has 0 aliphatic carbocycles. The second-order valence-corrected chi connectivity index (χ2v) is 6.79. The van der Waals surface area contributed by atoms with Crippen LogP contribution in [0.2, 0.25) is 0 Å². The summed E-state index contributed by atoms with van der Waals surface area (Å²) in [6, 6.07) is 13.4. The maximum Gasteiger partial charge on any atom is 0.251 e. The van der Waals surface area contributed by atoms with Gasteiger partial charge in [-0.15, -0.1) is 0 Å². The lowest BCUT2D eigenvalue weighted by molar-refractivity contribution is -0.120. The van der Waals surface area contributed by atoms with Gasteiger partial charge < -0.3 is 15.0 Å². The number of aromatic nitrogens is 1. The monoisotopic (exact) mass is 364 g/mol. The summed E-state index contributed by atoms with van der Waals surface area (Å²) in [5.74, 6) is 0.698. The van der Waals surface area contributed by atoms with Gasteiger partial charge in [0.2, 0.25) is 5.91 Å². The number of ether oxygens (including phenoxy) is 1. The Bertz CT molecular complexity index is 1020. The van der Waals surface area contributed by atoms with Crippen molar-refractivity contribution in [3.63, 3.8) is 0 Å². The summed E-state index contributed by atoms with van der Waals surface area (Å²) in [6.07, 6.45) is 0.795. The molecule has 3 aromatic rings. The van der Waals surface area contributed by atoms with Crippen LogP contribution >= 0.6 is 0 Å². The number of aryl methyl sites for hydroxylation is 2. The molecule has 27 heavy (non-hydrogen) atoms. The average Bonchev–Trinajstić information content (AvgIpc) is 2.63. The SMILES string of the molecule is COc1ccc(CC(=O)NCCc2cc3cc(C)cc(C)c3[nH]c2=O)cc1. The molecule has 5 nitrogen and oxygen atoms in total. The van der Waals surface area contributed by atoms with Crippen molar-refractivity contribution in [2.75, 3.05) is 13.7 Å². The number of amides is 1. The first-order valence-electron chi connectivity index (χ1n) is 8.99. The number of methoxy groups -OCH3 is 1. The van der Waals surface area contributed by atoms with Crippen LogP contribution < -0.4 is 15.6 Å². The van der Waals surface area contributed by atoms with Crippen molar-refractivity contribution in [2.24, 2.45) is 0 Å². The third kappa shape index (κ3) is 4.56. The van der Waals surface area contributed by atoms with Crippen molar-refractivity contribution >= 4 is 16.8 Å². The third-order valence-electron chi connectivity index (χ3n) is 4.61. The largest absolute Gasteiger partial charge is 0.497 e. The maximum absolute atomic E-state index is 12.3. The standard InChI is InChI=1S/C22H24N2O3/c1-14-10-15(2)21-18(11-14)13-17(22(26)24-21)8-9-23-20(25)12-16-4-6-19(27-3)7-5-16/h4-7,10-11,13H,8-9,12H2,1-3H3,(H,23,25)(H,24,26). The Morgan fingerprint density at radius 2 is 1.85 bits per heavy atom. The van der Waals surface area contributed by atoms with Gasteiger partial charge in [-0.25, -0.2) is 0 Å². The summed E-state index contributed by atoms with van der Waals surface area (Å²) in [7, 11) is 1.61. The highest BCUT2D eigenvalue weighted by atomic mass is 16.5. The molecule has 0 aliphatic heterocycles. The lowest BCUT2D eigenvalue weighted by Gasteiger charge is -2.08. The maximum atomic E-state index is 12.3. The predicted molar refractivity (Wildman–Crippen MR) is 107 cm³/mol. The van der Waals surface area contributed by atoms with Crippen LogP contribution in [0.25, 0.3) is 10.9 Å². The van der Waals surface area contributed by atoms with E-state index in [1.165, 1.54) is 0 Å². The van der Waals surface area contributed by atoms with E-state index in [4.69, 9.17) is 4.74 Å². The predicted octanol–water partition coefficient (Wildman–Crippen LogP) is 3.05. The highest BCUT2D eigenvalue weighted by Crippen LogP contribution is 2.18. The molecule has 0 atom stereocenters. The molecular formula is C22H24N2O3. The Kier molecular flexibility index (Phi) is 5.60. The number of hydrogen-bond acceptors (Lipinski definition) is 3. The summed E-state index contributed by atoms with van der Waals surface area (Å²) < 4.78 is 5.11. The minimum absolute atomic E-state index is 0.0657. The normalized spacial score (nSPS) is 10.8. The zero-order valence-corrected chi connectivity index (χ0v) is 15.9. The first kappa shape index (κ1) is 18.7. The summed E-state index contributed by atoms with van der Waals surface area (Å²) >= 11 is 0. The van der Waals surface area contributed by atoms with Crippen molar-refractivity contribution < 1.29 is 9.53 Å². The number of aromatic amines is 1. The van der Waals surface area contributed by atoms with Crippen molar-refractivity contribution in [1.29, 1.82) is 0 Å². The molecule has 0 unspecified atom stereocenters. The van der Waals surface area contributed by atoms with Crippen LogP contribution in [0.1, 0.15) is 22.3 Å². The zero-order chi connectivity index (χ0) is 19.4. The number of rotatable bonds is 6. The van der Waals surface area contributed by atoms with E-state index in [0.29, 0.717) is 24.9 Å². The number of benzene rings is 2. The lowest BCUT2D eigenvalue weighted by atomic mass is 10.0. The number of carbonyl (C=O) groups excluding carboxylic acids is 1. The minimum Gasteiger partial charge on any atom is -0.497 e. The van der Waals surface area contributed by atoms with E-state index < -0.39 is 0 Å². The highest BCUT2D eigenvalue weighted by Gasteiger charge is 2.08. The zero-order valence-electron chi connectivity index (χ0n) is 15.9. The van der Waals surface area contributed by atoms with Gasteiger partial charge in [0.15, 0.2) is 0 Å². The fourth-order valence-electron chi connectivity index (χ4n) is 3.25. The molecular weight excluding hydrogens is 340 g/mol. The van der Waals surface area contributed by atoms with Gasteiger partial charge >= 0.3 is 0 Å². The molecule has 2 aromatic carbocycles. The van der Waals surface area contributed by atoms with Crippen LogP contribution in [0.4, 0.5) is 0 Å². The summed E-state index contributed by atoms with van der Waals surface area (Å²) in [5.41, 5.74) is 4.59. The van der Waals surface area contributed by atoms with E-state index in [9.17, 15) is 9.59 Å². The van der Waals surface area contributed by atoms with Gasteiger partial charge in [0, 0.05) is 12.1 Å². The Morgan fingerprint density at radius 1 is 1.11 bits per heavy atom. The highest BCUT2D eigenvalue weighted by molar-refractivity contribution is 5.83. The number of pyridine rings is 1. The van der Waals surface area contributed by atoms with Gasteiger partial charge in [-0.3, -0.25) is 9.59 Å². The van der Waals surface area contributed by atoms with E-state index in [0.717, 1.165) is 33.3 Å². The molecule has 1 amide bonds. The van der Waals surface area contributed by atoms with Gasteiger partial charge in [-0.05, 0) is 61.0 Å². The summed E-state index contributed by atoms with van der Waals surface area (Å²) in [6.45, 7) is 4.45. The molecule has 0 bridgehead atoms. The number of fused-ring (bicyclic) bond motifs is 1. The van der Waals surface area contributed by atoms with E-state index >= 15 is 0 Å². The second kappa shape index (κ2) is 8.08. The molecule has 5 heteroatoms. The molecule has 0 saturated carbocycles. The average molecular weight is 364 g/mol. The van der Waals surface area contributed by atoms with E-state index in [-0.39, 0.29) is 11.5 Å². The molecule has 3 rings (SSSR count). The fraction of sp³-hybridized carbons (Fsp3) is 0.273. The van der Waals surface area contributed by atoms with Crippen molar-refractivity contribution in [3.8, 4) is 5.75 Å². The molecule has 0 radical (unpaired) electrons. The van der Waals surface area contributed by atoms with Gasteiger partial charge in [-0.2, -0.15) is 0 Å². The summed E-state index contributed by atoms with van der Waals surface area (Å²) in [4.78, 5) is 27.4. The fourth-order valence-corrected chi connectivity index (χ4v) is 3.25. The Labute approximate surface area is 158 Å². The first-order valence-corrected chi connectivity index (χ1v) is 8.99. The van der Waals surface area contributed by atoms with Crippen molar-refractivity contribution in [2.45, 2.75) is 26.7 Å². The lowest BCUT2D eigenvalue weighted by Crippen LogP contribution is -2.28. The van der Waals surface area contributed by atoms with Crippen LogP contribution in [-0.2, 0) is 17.6 Å². The number of hydrogen-bond donors (Lipinski definition) is 2. The smallest absolute Gasteiger partial charge is 0.251 e. The topological polar surface area (TPSA) is 71.2 Å².